The van der Waals surface area contributed by atoms with Gasteiger partial charge >= 0.3 is 0 Å². The van der Waals surface area contributed by atoms with Crippen LogP contribution >= 0.6 is 11.6 Å². The van der Waals surface area contributed by atoms with Gasteiger partial charge in [-0.2, -0.15) is 4.31 Å². The number of sulfonamides is 1. The summed E-state index contributed by atoms with van der Waals surface area (Å²) in [4.78, 5) is 9.02. The zero-order chi connectivity index (χ0) is 20.6. The van der Waals surface area contributed by atoms with Gasteiger partial charge in [-0.3, -0.25) is 0 Å². The summed E-state index contributed by atoms with van der Waals surface area (Å²) in [5.74, 6) is 1.10. The van der Waals surface area contributed by atoms with Gasteiger partial charge in [0.2, 0.25) is 10.0 Å². The lowest BCUT2D eigenvalue weighted by molar-refractivity contribution is 0.251. The van der Waals surface area contributed by atoms with E-state index < -0.39 is 16.1 Å². The van der Waals surface area contributed by atoms with Gasteiger partial charge in [-0.25, -0.2) is 18.4 Å². The average Bonchev–Trinajstić information content (AvgIpc) is 3.14. The Morgan fingerprint density at radius 2 is 2.00 bits per heavy atom. The SMILES string of the molecule is Cc1cc(-c2cnc(C)nc2[C@@H]2CCCCN2S(=O)(=O)c2ccccc2Cl)on1. The predicted octanol–water partition coefficient (Wildman–Crippen LogP) is 4.32. The van der Waals surface area contributed by atoms with Gasteiger partial charge in [0.05, 0.1) is 28.0 Å². The summed E-state index contributed by atoms with van der Waals surface area (Å²) in [6.07, 6.45) is 4.00. The number of hydrogen-bond acceptors (Lipinski definition) is 6. The zero-order valence-electron chi connectivity index (χ0n) is 16.2. The molecule has 0 saturated carbocycles. The number of piperidine rings is 1. The molecule has 152 valence electrons. The summed E-state index contributed by atoms with van der Waals surface area (Å²) in [5.41, 5.74) is 2.02. The standard InChI is InChI=1S/C20H21ClN4O3S/c1-13-11-18(28-24-13)15-12-22-14(2)23-20(15)17-8-5-6-10-25(17)29(26,27)19-9-4-3-7-16(19)21/h3-4,7,9,11-12,17H,5-6,8,10H2,1-2H3/t17-/m0/s1. The summed E-state index contributed by atoms with van der Waals surface area (Å²) in [6.45, 7) is 4.02. The Kier molecular flexibility index (Phi) is 5.42. The number of halogens is 1. The molecule has 29 heavy (non-hydrogen) atoms. The van der Waals surface area contributed by atoms with Crippen LogP contribution < -0.4 is 0 Å². The molecule has 7 nitrogen and oxygen atoms in total. The minimum atomic E-state index is -3.80. The third-order valence-corrected chi connectivity index (χ3v) is 7.43. The van der Waals surface area contributed by atoms with Crippen LogP contribution in [0, 0.1) is 13.8 Å². The number of hydrogen-bond donors (Lipinski definition) is 0. The van der Waals surface area contributed by atoms with Crippen LogP contribution in [-0.4, -0.2) is 34.4 Å². The van der Waals surface area contributed by atoms with E-state index in [2.05, 4.69) is 15.1 Å². The van der Waals surface area contributed by atoms with Gasteiger partial charge in [-0.1, -0.05) is 35.3 Å². The first kappa shape index (κ1) is 20.0. The maximum atomic E-state index is 13.5. The highest BCUT2D eigenvalue weighted by molar-refractivity contribution is 7.89. The monoisotopic (exact) mass is 432 g/mol. The van der Waals surface area contributed by atoms with Gasteiger partial charge in [0.1, 0.15) is 10.7 Å². The summed E-state index contributed by atoms with van der Waals surface area (Å²) in [5, 5.41) is 4.16. The predicted molar refractivity (Wildman–Crippen MR) is 109 cm³/mol. The minimum Gasteiger partial charge on any atom is -0.356 e. The number of aromatic nitrogens is 3. The highest BCUT2D eigenvalue weighted by Gasteiger charge is 2.37. The third kappa shape index (κ3) is 3.80. The molecule has 0 aliphatic carbocycles. The van der Waals surface area contributed by atoms with Gasteiger partial charge in [-0.15, -0.1) is 0 Å². The van der Waals surface area contributed by atoms with Crippen molar-refractivity contribution in [1.82, 2.24) is 19.4 Å². The first-order chi connectivity index (χ1) is 13.9. The van der Waals surface area contributed by atoms with E-state index >= 15 is 0 Å². The second-order valence-electron chi connectivity index (χ2n) is 7.11. The molecule has 0 bridgehead atoms. The number of nitrogens with zero attached hydrogens (tertiary/aromatic N) is 4. The Hall–Kier alpha value is -2.29. The third-order valence-electron chi connectivity index (χ3n) is 5.02. The maximum absolute atomic E-state index is 13.5. The molecular formula is C20H21ClN4O3S. The fraction of sp³-hybridized carbons (Fsp3) is 0.350. The second-order valence-corrected chi connectivity index (χ2v) is 9.37. The normalized spacial score (nSPS) is 18.1. The van der Waals surface area contributed by atoms with Gasteiger partial charge in [0.15, 0.2) is 5.76 Å². The molecule has 4 rings (SSSR count). The molecule has 1 aliphatic rings. The second kappa shape index (κ2) is 7.85. The van der Waals surface area contributed by atoms with E-state index in [4.69, 9.17) is 16.1 Å². The van der Waals surface area contributed by atoms with Gasteiger partial charge < -0.3 is 4.52 Å². The highest BCUT2D eigenvalue weighted by Crippen LogP contribution is 2.39. The van der Waals surface area contributed by atoms with Crippen molar-refractivity contribution in [2.45, 2.75) is 44.0 Å². The fourth-order valence-corrected chi connectivity index (χ4v) is 5.82. The summed E-state index contributed by atoms with van der Waals surface area (Å²) < 4.78 is 33.9. The van der Waals surface area contributed by atoms with Crippen molar-refractivity contribution in [2.24, 2.45) is 0 Å². The molecule has 3 aromatic rings. The van der Waals surface area contributed by atoms with E-state index in [9.17, 15) is 8.42 Å². The van der Waals surface area contributed by atoms with Gasteiger partial charge in [0.25, 0.3) is 0 Å². The summed E-state index contributed by atoms with van der Waals surface area (Å²) >= 11 is 6.22. The molecule has 0 unspecified atom stereocenters. The maximum Gasteiger partial charge on any atom is 0.245 e. The van der Waals surface area contributed by atoms with Crippen molar-refractivity contribution in [2.75, 3.05) is 6.54 Å². The van der Waals surface area contributed by atoms with E-state index in [0.717, 1.165) is 18.5 Å². The molecule has 1 atom stereocenters. The van der Waals surface area contributed by atoms with Crippen LogP contribution in [0.3, 0.4) is 0 Å². The Morgan fingerprint density at radius 1 is 1.21 bits per heavy atom. The number of benzene rings is 1. The molecule has 9 heteroatoms. The van der Waals surface area contributed by atoms with E-state index in [1.165, 1.54) is 10.4 Å². The fourth-order valence-electron chi connectivity index (χ4n) is 3.67. The van der Waals surface area contributed by atoms with E-state index in [1.54, 1.807) is 37.4 Å². The molecule has 0 N–H and O–H groups in total. The Morgan fingerprint density at radius 3 is 2.72 bits per heavy atom. The molecule has 1 fully saturated rings. The highest BCUT2D eigenvalue weighted by atomic mass is 35.5. The topological polar surface area (TPSA) is 89.2 Å². The van der Waals surface area contributed by atoms with Crippen molar-refractivity contribution in [3.8, 4) is 11.3 Å². The van der Waals surface area contributed by atoms with E-state index in [-0.39, 0.29) is 9.92 Å². The molecule has 1 aliphatic heterocycles. The van der Waals surface area contributed by atoms with Crippen molar-refractivity contribution < 1.29 is 12.9 Å². The van der Waals surface area contributed by atoms with Crippen LogP contribution in [-0.2, 0) is 10.0 Å². The molecule has 3 heterocycles. The van der Waals surface area contributed by atoms with Crippen molar-refractivity contribution in [3.63, 3.8) is 0 Å². The van der Waals surface area contributed by atoms with Crippen molar-refractivity contribution in [3.05, 3.63) is 58.8 Å². The quantitative estimate of drug-likeness (QED) is 0.610. The van der Waals surface area contributed by atoms with Gasteiger partial charge in [0, 0.05) is 18.8 Å². The largest absolute Gasteiger partial charge is 0.356 e. The van der Waals surface area contributed by atoms with Crippen LogP contribution in [0.15, 0.2) is 45.9 Å². The molecule has 1 aromatic carbocycles. The van der Waals surface area contributed by atoms with E-state index in [0.29, 0.717) is 35.8 Å². The Labute approximate surface area is 174 Å². The summed E-state index contributed by atoms with van der Waals surface area (Å²) in [6, 6.07) is 7.88. The molecule has 0 radical (unpaired) electrons. The van der Waals surface area contributed by atoms with Crippen LogP contribution in [0.25, 0.3) is 11.3 Å². The molecule has 2 aromatic heterocycles. The first-order valence-corrected chi connectivity index (χ1v) is 11.2. The molecule has 0 amide bonds. The smallest absolute Gasteiger partial charge is 0.245 e. The van der Waals surface area contributed by atoms with Crippen LogP contribution in [0.5, 0.6) is 0 Å². The molecule has 1 saturated heterocycles. The Balaban J connectivity index is 1.84. The first-order valence-electron chi connectivity index (χ1n) is 9.41. The molecule has 0 spiro atoms. The lowest BCUT2D eigenvalue weighted by Gasteiger charge is -2.35. The Bertz CT molecular complexity index is 1150. The minimum absolute atomic E-state index is 0.108. The lowest BCUT2D eigenvalue weighted by atomic mass is 9.98. The van der Waals surface area contributed by atoms with Crippen LogP contribution in [0.4, 0.5) is 0 Å². The van der Waals surface area contributed by atoms with Crippen molar-refractivity contribution in [1.29, 1.82) is 0 Å². The lowest BCUT2D eigenvalue weighted by Crippen LogP contribution is -2.39. The van der Waals surface area contributed by atoms with Crippen LogP contribution in [0.1, 0.15) is 42.5 Å². The van der Waals surface area contributed by atoms with Crippen LogP contribution in [0.2, 0.25) is 5.02 Å². The van der Waals surface area contributed by atoms with Gasteiger partial charge in [-0.05, 0) is 38.8 Å². The number of rotatable bonds is 4. The van der Waals surface area contributed by atoms with E-state index in [1.807, 2.05) is 6.92 Å². The summed E-state index contributed by atoms with van der Waals surface area (Å²) in [7, 11) is -3.80. The zero-order valence-corrected chi connectivity index (χ0v) is 17.7. The number of aryl methyl sites for hydroxylation is 2. The van der Waals surface area contributed by atoms with Crippen molar-refractivity contribution >= 4 is 21.6 Å². The average molecular weight is 433 g/mol. The molecular weight excluding hydrogens is 412 g/mol.